The fraction of sp³-hybridized carbons (Fsp3) is 0.350. The minimum absolute atomic E-state index is 0.0138. The number of nitrogens with one attached hydrogen (secondary N) is 1. The molecule has 0 radical (unpaired) electrons. The SMILES string of the molecule is CN=C(/C(=C\N)NC(=O)c1nc(-c2c(F)cccc2F)sc1N)N1CCCC[C@H](F)C1. The Morgan fingerprint density at radius 3 is 2.71 bits per heavy atom. The van der Waals surface area contributed by atoms with E-state index in [1.165, 1.54) is 13.1 Å². The van der Waals surface area contributed by atoms with Gasteiger partial charge in [0.05, 0.1) is 17.8 Å². The number of hydrogen-bond donors (Lipinski definition) is 3. The quantitative estimate of drug-likeness (QED) is 0.488. The average molecular weight is 453 g/mol. The van der Waals surface area contributed by atoms with Crippen molar-refractivity contribution in [2.45, 2.75) is 25.4 Å². The fourth-order valence-electron chi connectivity index (χ4n) is 3.37. The molecule has 1 fully saturated rings. The number of halogens is 3. The zero-order valence-corrected chi connectivity index (χ0v) is 17.7. The van der Waals surface area contributed by atoms with Crippen LogP contribution in [0, 0.1) is 11.6 Å². The minimum Gasteiger partial charge on any atom is -0.403 e. The van der Waals surface area contributed by atoms with Gasteiger partial charge in [0.15, 0.2) is 5.69 Å². The van der Waals surface area contributed by atoms with Gasteiger partial charge in [-0.25, -0.2) is 18.2 Å². The Kier molecular flexibility index (Phi) is 7.16. The van der Waals surface area contributed by atoms with Gasteiger partial charge in [0, 0.05) is 19.8 Å². The molecule has 3 rings (SSSR count). The third-order valence-corrected chi connectivity index (χ3v) is 5.73. The van der Waals surface area contributed by atoms with Crippen molar-refractivity contribution in [3.8, 4) is 10.6 Å². The summed E-state index contributed by atoms with van der Waals surface area (Å²) < 4.78 is 42.2. The molecule has 7 nitrogen and oxygen atoms in total. The van der Waals surface area contributed by atoms with Gasteiger partial charge in [-0.3, -0.25) is 9.79 Å². The lowest BCUT2D eigenvalue weighted by molar-refractivity contribution is 0.0964. The van der Waals surface area contributed by atoms with Crippen LogP contribution < -0.4 is 16.8 Å². The van der Waals surface area contributed by atoms with E-state index in [0.29, 0.717) is 18.8 Å². The number of rotatable bonds is 4. The molecule has 1 amide bonds. The predicted octanol–water partition coefficient (Wildman–Crippen LogP) is 3.05. The van der Waals surface area contributed by atoms with Crippen molar-refractivity contribution in [3.63, 3.8) is 0 Å². The second-order valence-electron chi connectivity index (χ2n) is 6.95. The molecule has 11 heteroatoms. The number of amidine groups is 1. The average Bonchev–Trinajstić information content (AvgIpc) is 2.97. The van der Waals surface area contributed by atoms with Crippen molar-refractivity contribution in [2.75, 3.05) is 25.9 Å². The Morgan fingerprint density at radius 2 is 2.06 bits per heavy atom. The molecule has 166 valence electrons. The molecule has 2 heterocycles. The number of thiazole rings is 1. The summed E-state index contributed by atoms with van der Waals surface area (Å²) in [5.41, 5.74) is 11.2. The summed E-state index contributed by atoms with van der Waals surface area (Å²) in [6.07, 6.45) is 2.14. The van der Waals surface area contributed by atoms with E-state index in [1.54, 1.807) is 4.90 Å². The fourth-order valence-corrected chi connectivity index (χ4v) is 4.25. The maximum absolute atomic E-state index is 14.1. The number of benzene rings is 1. The Balaban J connectivity index is 1.84. The summed E-state index contributed by atoms with van der Waals surface area (Å²) in [4.78, 5) is 22.7. The Hall–Kier alpha value is -3.08. The number of nitrogens with two attached hydrogens (primary N) is 2. The molecular formula is C20H23F3N6OS. The van der Waals surface area contributed by atoms with Crippen molar-refractivity contribution in [2.24, 2.45) is 10.7 Å². The third-order valence-electron chi connectivity index (χ3n) is 4.83. The molecule has 31 heavy (non-hydrogen) atoms. The van der Waals surface area contributed by atoms with Crippen LogP contribution in [-0.4, -0.2) is 47.9 Å². The number of likely N-dealkylation sites (tertiary alicyclic amines) is 1. The molecule has 1 aliphatic heterocycles. The van der Waals surface area contributed by atoms with Gasteiger partial charge in [-0.1, -0.05) is 17.4 Å². The molecule has 1 atom stereocenters. The highest BCUT2D eigenvalue weighted by Crippen LogP contribution is 2.33. The van der Waals surface area contributed by atoms with E-state index in [2.05, 4.69) is 15.3 Å². The Bertz CT molecular complexity index is 1000. The number of alkyl halides is 1. The smallest absolute Gasteiger partial charge is 0.277 e. The monoisotopic (exact) mass is 452 g/mol. The first-order valence-electron chi connectivity index (χ1n) is 9.65. The number of aromatic nitrogens is 1. The Labute approximate surface area is 181 Å². The van der Waals surface area contributed by atoms with Crippen LogP contribution in [0.5, 0.6) is 0 Å². The number of amides is 1. The van der Waals surface area contributed by atoms with Crippen molar-refractivity contribution < 1.29 is 18.0 Å². The molecule has 1 aromatic carbocycles. The lowest BCUT2D eigenvalue weighted by Crippen LogP contribution is -2.41. The molecule has 0 bridgehead atoms. The van der Waals surface area contributed by atoms with Gasteiger partial charge < -0.3 is 21.7 Å². The van der Waals surface area contributed by atoms with Gasteiger partial charge in [0.25, 0.3) is 5.91 Å². The molecule has 1 aliphatic rings. The summed E-state index contributed by atoms with van der Waals surface area (Å²) in [6.45, 7) is 0.700. The van der Waals surface area contributed by atoms with Crippen LogP contribution in [0.3, 0.4) is 0 Å². The standard InChI is InChI=1S/C20H23F3N6OS/c1-26-18(29-8-3-2-5-11(21)10-29)14(9-24)27-19(30)16-17(25)31-20(28-16)15-12(22)6-4-7-13(15)23/h4,6-7,9,11H,2-3,5,8,10,24-25H2,1H3,(H,27,30)/b14-9+,26-18?/t11-/m0/s1. The third kappa shape index (κ3) is 4.98. The van der Waals surface area contributed by atoms with E-state index >= 15 is 0 Å². The summed E-state index contributed by atoms with van der Waals surface area (Å²) in [5, 5.41) is 2.51. The zero-order valence-electron chi connectivity index (χ0n) is 16.9. The predicted molar refractivity (Wildman–Crippen MR) is 115 cm³/mol. The lowest BCUT2D eigenvalue weighted by atomic mass is 10.2. The number of aliphatic imine (C=N–C) groups is 1. The van der Waals surface area contributed by atoms with Gasteiger partial charge in [-0.15, -0.1) is 0 Å². The molecule has 1 saturated heterocycles. The highest BCUT2D eigenvalue weighted by Gasteiger charge is 2.26. The summed E-state index contributed by atoms with van der Waals surface area (Å²) in [5.74, 6) is -2.02. The van der Waals surface area contributed by atoms with Gasteiger partial charge >= 0.3 is 0 Å². The first kappa shape index (κ1) is 22.6. The molecule has 1 aromatic heterocycles. The van der Waals surface area contributed by atoms with Crippen LogP contribution in [0.15, 0.2) is 35.1 Å². The maximum atomic E-state index is 14.1. The van der Waals surface area contributed by atoms with E-state index in [-0.39, 0.29) is 33.5 Å². The van der Waals surface area contributed by atoms with Gasteiger partial charge in [0.1, 0.15) is 33.7 Å². The molecule has 0 aliphatic carbocycles. The van der Waals surface area contributed by atoms with Gasteiger partial charge in [-0.05, 0) is 31.4 Å². The van der Waals surface area contributed by atoms with Crippen LogP contribution in [0.25, 0.3) is 10.6 Å². The first-order chi connectivity index (χ1) is 14.8. The van der Waals surface area contributed by atoms with Crippen molar-refractivity contribution >= 4 is 28.1 Å². The second kappa shape index (κ2) is 9.82. The molecular weight excluding hydrogens is 429 g/mol. The highest BCUT2D eigenvalue weighted by atomic mass is 32.1. The van der Waals surface area contributed by atoms with Crippen LogP contribution in [0.1, 0.15) is 29.8 Å². The number of carbonyl (C=O) groups excluding carboxylic acids is 1. The summed E-state index contributed by atoms with van der Waals surface area (Å²) >= 11 is 0.789. The van der Waals surface area contributed by atoms with E-state index < -0.39 is 23.7 Å². The Morgan fingerprint density at radius 1 is 1.35 bits per heavy atom. The number of nitrogen functional groups attached to an aromatic ring is 1. The van der Waals surface area contributed by atoms with E-state index in [0.717, 1.165) is 42.5 Å². The summed E-state index contributed by atoms with van der Waals surface area (Å²) in [7, 11) is 1.51. The second-order valence-corrected chi connectivity index (χ2v) is 7.98. The molecule has 2 aromatic rings. The van der Waals surface area contributed by atoms with Gasteiger partial charge in [0.2, 0.25) is 0 Å². The van der Waals surface area contributed by atoms with Crippen LogP contribution >= 0.6 is 11.3 Å². The molecule has 0 spiro atoms. The topological polar surface area (TPSA) is 110 Å². The van der Waals surface area contributed by atoms with Crippen LogP contribution in [0.4, 0.5) is 18.2 Å². The van der Waals surface area contributed by atoms with Crippen molar-refractivity contribution in [3.05, 3.63) is 47.4 Å². The van der Waals surface area contributed by atoms with Crippen molar-refractivity contribution in [1.82, 2.24) is 15.2 Å². The van der Waals surface area contributed by atoms with E-state index in [1.807, 2.05) is 0 Å². The normalized spacial score (nSPS) is 18.1. The molecule has 0 saturated carbocycles. The van der Waals surface area contributed by atoms with E-state index in [9.17, 15) is 18.0 Å². The number of anilines is 1. The number of carbonyl (C=O) groups is 1. The van der Waals surface area contributed by atoms with Crippen LogP contribution in [-0.2, 0) is 0 Å². The van der Waals surface area contributed by atoms with Gasteiger partial charge in [-0.2, -0.15) is 0 Å². The zero-order chi connectivity index (χ0) is 22.5. The molecule has 0 unspecified atom stereocenters. The largest absolute Gasteiger partial charge is 0.403 e. The summed E-state index contributed by atoms with van der Waals surface area (Å²) in [6, 6.07) is 3.41. The lowest BCUT2D eigenvalue weighted by Gasteiger charge is -2.26. The first-order valence-corrected chi connectivity index (χ1v) is 10.5. The number of hydrogen-bond acceptors (Lipinski definition) is 6. The van der Waals surface area contributed by atoms with E-state index in [4.69, 9.17) is 11.5 Å². The maximum Gasteiger partial charge on any atom is 0.277 e. The van der Waals surface area contributed by atoms with Crippen molar-refractivity contribution in [1.29, 1.82) is 0 Å². The minimum atomic E-state index is -1.01. The highest BCUT2D eigenvalue weighted by molar-refractivity contribution is 7.19. The van der Waals surface area contributed by atoms with Crippen LogP contribution in [0.2, 0.25) is 0 Å². The number of nitrogens with zero attached hydrogens (tertiary/aromatic N) is 3. The molecule has 5 N–H and O–H groups in total.